The van der Waals surface area contributed by atoms with Gasteiger partial charge in [0.2, 0.25) is 0 Å². The van der Waals surface area contributed by atoms with Crippen molar-refractivity contribution in [1.29, 1.82) is 0 Å². The molecule has 1 aliphatic rings. The summed E-state index contributed by atoms with van der Waals surface area (Å²) >= 11 is 0. The van der Waals surface area contributed by atoms with Crippen LogP contribution in [0.5, 0.6) is 5.75 Å². The first-order chi connectivity index (χ1) is 9.69. The summed E-state index contributed by atoms with van der Waals surface area (Å²) in [5, 5.41) is 0. The third-order valence-electron chi connectivity index (χ3n) is 3.76. The Morgan fingerprint density at radius 1 is 1.38 bits per heavy atom. The fourth-order valence-electron chi connectivity index (χ4n) is 2.44. The molecule has 4 nitrogen and oxygen atoms in total. The van der Waals surface area contributed by atoms with Crippen LogP contribution in [0.3, 0.4) is 0 Å². The molecule has 0 fully saturated rings. The van der Waals surface area contributed by atoms with Crippen LogP contribution < -0.4 is 4.74 Å². The number of methoxy groups -OCH3 is 1. The number of benzene rings is 1. The molecular weight excluding hydrogens is 290 g/mol. The molecule has 21 heavy (non-hydrogen) atoms. The van der Waals surface area contributed by atoms with E-state index in [2.05, 4.69) is 21.8 Å². The van der Waals surface area contributed by atoms with Gasteiger partial charge < -0.3 is 14.4 Å². The second-order valence-electron chi connectivity index (χ2n) is 5.30. The molecule has 0 saturated carbocycles. The van der Waals surface area contributed by atoms with Crippen LogP contribution in [0.1, 0.15) is 24.8 Å². The molecule has 0 spiro atoms. The fourth-order valence-corrected chi connectivity index (χ4v) is 2.44. The van der Waals surface area contributed by atoms with E-state index >= 15 is 0 Å². The van der Waals surface area contributed by atoms with Crippen LogP contribution in [-0.4, -0.2) is 44.2 Å². The highest BCUT2D eigenvalue weighted by molar-refractivity contribution is 5.85. The van der Waals surface area contributed by atoms with Gasteiger partial charge in [0.15, 0.2) is 0 Å². The Hall–Kier alpha value is -1.26. The minimum absolute atomic E-state index is 0. The minimum Gasteiger partial charge on any atom is -0.490 e. The second kappa shape index (κ2) is 8.90. The van der Waals surface area contributed by atoms with E-state index in [0.29, 0.717) is 6.42 Å². The molecule has 1 atom stereocenters. The van der Waals surface area contributed by atoms with E-state index in [1.807, 2.05) is 19.2 Å². The normalized spacial score (nSPS) is 16.6. The number of fused-ring (bicyclic) bond motifs is 1. The summed E-state index contributed by atoms with van der Waals surface area (Å²) < 4.78 is 10.7. The lowest BCUT2D eigenvalue weighted by molar-refractivity contribution is -0.140. The first kappa shape index (κ1) is 17.8. The van der Waals surface area contributed by atoms with Crippen LogP contribution in [0, 0.1) is 0 Å². The van der Waals surface area contributed by atoms with Gasteiger partial charge in [0.1, 0.15) is 11.9 Å². The van der Waals surface area contributed by atoms with Crippen molar-refractivity contribution in [3.8, 4) is 5.75 Å². The highest BCUT2D eigenvalue weighted by Crippen LogP contribution is 2.28. The molecule has 5 heteroatoms. The van der Waals surface area contributed by atoms with Gasteiger partial charge in [-0.15, -0.1) is 12.4 Å². The third kappa shape index (κ3) is 5.56. The Morgan fingerprint density at radius 3 is 2.90 bits per heavy atom. The minimum atomic E-state index is -0.153. The summed E-state index contributed by atoms with van der Waals surface area (Å²) in [4.78, 5) is 13.2. The van der Waals surface area contributed by atoms with Crippen molar-refractivity contribution in [1.82, 2.24) is 4.90 Å². The van der Waals surface area contributed by atoms with Gasteiger partial charge in [0.25, 0.3) is 0 Å². The topological polar surface area (TPSA) is 38.8 Å². The number of halogens is 1. The number of hydrogen-bond donors (Lipinski definition) is 0. The number of esters is 1. The van der Waals surface area contributed by atoms with E-state index in [1.54, 1.807) is 0 Å². The van der Waals surface area contributed by atoms with Gasteiger partial charge in [-0.05, 0) is 37.9 Å². The lowest BCUT2D eigenvalue weighted by Crippen LogP contribution is -2.30. The van der Waals surface area contributed by atoms with Crippen molar-refractivity contribution in [2.45, 2.75) is 31.8 Å². The highest BCUT2D eigenvalue weighted by atomic mass is 35.5. The number of aryl methyl sites for hydroxylation is 1. The summed E-state index contributed by atoms with van der Waals surface area (Å²) in [6.07, 6.45) is 3.88. The van der Waals surface area contributed by atoms with Gasteiger partial charge in [0, 0.05) is 13.1 Å². The smallest absolute Gasteiger partial charge is 0.306 e. The molecule has 0 bridgehead atoms. The molecule has 0 aromatic heterocycles. The summed E-state index contributed by atoms with van der Waals surface area (Å²) in [7, 11) is 3.45. The number of carbonyl (C=O) groups is 1. The Labute approximate surface area is 132 Å². The van der Waals surface area contributed by atoms with Crippen molar-refractivity contribution >= 4 is 18.4 Å². The molecule has 2 rings (SSSR count). The maximum atomic E-state index is 11.1. The molecule has 0 amide bonds. The van der Waals surface area contributed by atoms with Gasteiger partial charge >= 0.3 is 5.97 Å². The molecule has 1 aliphatic heterocycles. The molecule has 1 unspecified atom stereocenters. The largest absolute Gasteiger partial charge is 0.490 e. The van der Waals surface area contributed by atoms with Gasteiger partial charge in [0.05, 0.1) is 13.5 Å². The Morgan fingerprint density at radius 2 is 2.14 bits per heavy atom. The summed E-state index contributed by atoms with van der Waals surface area (Å²) in [5.74, 6) is 0.876. The van der Waals surface area contributed by atoms with Crippen LogP contribution in [0.2, 0.25) is 0 Å². The predicted molar refractivity (Wildman–Crippen MR) is 85.2 cm³/mol. The average Bonchev–Trinajstić information content (AvgIpc) is 2.50. The van der Waals surface area contributed by atoms with Crippen molar-refractivity contribution in [2.75, 3.05) is 27.2 Å². The molecule has 0 aliphatic carbocycles. The molecule has 1 aromatic rings. The number of hydrogen-bond acceptors (Lipinski definition) is 4. The molecule has 118 valence electrons. The van der Waals surface area contributed by atoms with Crippen LogP contribution >= 0.6 is 12.4 Å². The zero-order valence-corrected chi connectivity index (χ0v) is 13.5. The van der Waals surface area contributed by atoms with Gasteiger partial charge in [-0.2, -0.15) is 0 Å². The number of carbonyl (C=O) groups excluding carboxylic acids is 1. The first-order valence-electron chi connectivity index (χ1n) is 7.19. The number of rotatable bonds is 6. The Bertz CT molecular complexity index is 453. The number of nitrogens with zero attached hydrogens (tertiary/aromatic N) is 1. The van der Waals surface area contributed by atoms with Gasteiger partial charge in [-0.1, -0.05) is 18.2 Å². The molecule has 0 N–H and O–H groups in total. The number of ether oxygens (including phenoxy) is 2. The zero-order valence-electron chi connectivity index (χ0n) is 12.7. The molecule has 0 radical (unpaired) electrons. The number of para-hydroxylation sites is 1. The quantitative estimate of drug-likeness (QED) is 0.757. The van der Waals surface area contributed by atoms with Crippen molar-refractivity contribution < 1.29 is 14.3 Å². The third-order valence-corrected chi connectivity index (χ3v) is 3.76. The van der Waals surface area contributed by atoms with E-state index < -0.39 is 0 Å². The maximum Gasteiger partial charge on any atom is 0.306 e. The molecule has 1 aromatic carbocycles. The predicted octanol–water partition coefficient (Wildman–Crippen LogP) is 2.69. The lowest BCUT2D eigenvalue weighted by atomic mass is 10.0. The SMILES string of the molecule is COC(=O)CCN(C)CCC1CCc2ccccc2O1.Cl. The van der Waals surface area contributed by atoms with E-state index in [0.717, 1.165) is 38.1 Å². The summed E-state index contributed by atoms with van der Waals surface area (Å²) in [5.41, 5.74) is 1.31. The van der Waals surface area contributed by atoms with E-state index in [-0.39, 0.29) is 24.5 Å². The Kier molecular flexibility index (Phi) is 7.54. The average molecular weight is 314 g/mol. The summed E-state index contributed by atoms with van der Waals surface area (Å²) in [6.45, 7) is 1.67. The molecular formula is C16H24ClNO3. The van der Waals surface area contributed by atoms with Crippen LogP contribution in [0.4, 0.5) is 0 Å². The van der Waals surface area contributed by atoms with Crippen molar-refractivity contribution in [2.24, 2.45) is 0 Å². The lowest BCUT2D eigenvalue weighted by Gasteiger charge is -2.27. The summed E-state index contributed by atoms with van der Waals surface area (Å²) in [6, 6.07) is 8.25. The monoisotopic (exact) mass is 313 g/mol. The van der Waals surface area contributed by atoms with Crippen LogP contribution in [0.25, 0.3) is 0 Å². The standard InChI is InChI=1S/C16H23NO3.ClH/c1-17(12-10-16(18)19-2)11-9-14-8-7-13-5-3-4-6-15(13)20-14;/h3-6,14H,7-12H2,1-2H3;1H. The highest BCUT2D eigenvalue weighted by Gasteiger charge is 2.19. The fraction of sp³-hybridized carbons (Fsp3) is 0.562. The van der Waals surface area contributed by atoms with Crippen LogP contribution in [-0.2, 0) is 16.0 Å². The molecule has 0 saturated heterocycles. The van der Waals surface area contributed by atoms with Gasteiger partial charge in [-0.3, -0.25) is 4.79 Å². The molecule has 1 heterocycles. The van der Waals surface area contributed by atoms with E-state index in [1.165, 1.54) is 12.7 Å². The first-order valence-corrected chi connectivity index (χ1v) is 7.19. The maximum absolute atomic E-state index is 11.1. The van der Waals surface area contributed by atoms with Crippen molar-refractivity contribution in [3.63, 3.8) is 0 Å². The van der Waals surface area contributed by atoms with Crippen molar-refractivity contribution in [3.05, 3.63) is 29.8 Å². The van der Waals surface area contributed by atoms with Gasteiger partial charge in [-0.25, -0.2) is 0 Å². The zero-order chi connectivity index (χ0) is 14.4. The Balaban J connectivity index is 0.00000220. The van der Waals surface area contributed by atoms with E-state index in [9.17, 15) is 4.79 Å². The van der Waals surface area contributed by atoms with E-state index in [4.69, 9.17) is 4.74 Å². The second-order valence-corrected chi connectivity index (χ2v) is 5.30. The van der Waals surface area contributed by atoms with Crippen LogP contribution in [0.15, 0.2) is 24.3 Å².